The lowest BCUT2D eigenvalue weighted by Gasteiger charge is -2.09. The zero-order chi connectivity index (χ0) is 18.0. The molecule has 0 aliphatic rings. The minimum absolute atomic E-state index is 0.00136. The van der Waals surface area contributed by atoms with Crippen molar-refractivity contribution >= 4 is 34.9 Å². The van der Waals surface area contributed by atoms with Gasteiger partial charge in [0.25, 0.3) is 11.6 Å². The molecule has 0 N–H and O–H groups in total. The summed E-state index contributed by atoms with van der Waals surface area (Å²) >= 11 is 12.0. The fourth-order valence-electron chi connectivity index (χ4n) is 2.22. The van der Waals surface area contributed by atoms with Crippen molar-refractivity contribution < 1.29 is 14.3 Å². The Kier molecular flexibility index (Phi) is 5.06. The smallest absolute Gasteiger partial charge is 0.378 e. The molecule has 7 nitrogen and oxygen atoms in total. The van der Waals surface area contributed by atoms with Gasteiger partial charge in [-0.15, -0.1) is 5.10 Å². The number of benzene rings is 1. The standard InChI is InChI=1S/C16H14Cl2N4O3/c1-9-8-10(2)22-16(19-9)20-14(21-22)15(23)25-7-6-24-13-11(17)4-3-5-12(13)18/h3-5,8H,6-7H2,1-2H3. The van der Waals surface area contributed by atoms with Gasteiger partial charge in [0.1, 0.15) is 13.2 Å². The number of fused-ring (bicyclic) bond motifs is 1. The molecule has 0 bridgehead atoms. The summed E-state index contributed by atoms with van der Waals surface area (Å²) in [4.78, 5) is 20.4. The van der Waals surface area contributed by atoms with Gasteiger partial charge in [-0.1, -0.05) is 29.3 Å². The molecule has 2 aromatic heterocycles. The van der Waals surface area contributed by atoms with Crippen molar-refractivity contribution in [3.05, 3.63) is 51.5 Å². The summed E-state index contributed by atoms with van der Waals surface area (Å²) in [5.41, 5.74) is 1.62. The van der Waals surface area contributed by atoms with E-state index in [1.807, 2.05) is 19.9 Å². The van der Waals surface area contributed by atoms with Crippen LogP contribution in [0.15, 0.2) is 24.3 Å². The zero-order valence-electron chi connectivity index (χ0n) is 13.5. The highest BCUT2D eigenvalue weighted by Gasteiger charge is 2.16. The van der Waals surface area contributed by atoms with Crippen LogP contribution in [0.2, 0.25) is 10.0 Å². The van der Waals surface area contributed by atoms with E-state index in [0.29, 0.717) is 21.6 Å². The molecule has 130 valence electrons. The van der Waals surface area contributed by atoms with Gasteiger partial charge in [0.2, 0.25) is 0 Å². The lowest BCUT2D eigenvalue weighted by atomic mass is 10.3. The SMILES string of the molecule is Cc1cc(C)n2nc(C(=O)OCCOc3c(Cl)cccc3Cl)nc2n1. The van der Waals surface area contributed by atoms with Crippen molar-refractivity contribution in [2.24, 2.45) is 0 Å². The lowest BCUT2D eigenvalue weighted by Crippen LogP contribution is -2.14. The van der Waals surface area contributed by atoms with Crippen LogP contribution in [-0.2, 0) is 4.74 Å². The van der Waals surface area contributed by atoms with Crippen LogP contribution >= 0.6 is 23.2 Å². The predicted octanol–water partition coefficient (Wildman–Crippen LogP) is 3.28. The summed E-state index contributed by atoms with van der Waals surface area (Å²) in [5.74, 6) is -0.0139. The highest BCUT2D eigenvalue weighted by molar-refractivity contribution is 6.37. The quantitative estimate of drug-likeness (QED) is 0.499. The van der Waals surface area contributed by atoms with E-state index in [1.165, 1.54) is 4.52 Å². The van der Waals surface area contributed by atoms with Crippen LogP contribution in [0, 0.1) is 13.8 Å². The lowest BCUT2D eigenvalue weighted by molar-refractivity contribution is 0.0437. The van der Waals surface area contributed by atoms with E-state index in [1.54, 1.807) is 18.2 Å². The van der Waals surface area contributed by atoms with Crippen molar-refractivity contribution in [2.75, 3.05) is 13.2 Å². The van der Waals surface area contributed by atoms with Crippen LogP contribution in [0.25, 0.3) is 5.78 Å². The highest BCUT2D eigenvalue weighted by atomic mass is 35.5. The van der Waals surface area contributed by atoms with Gasteiger partial charge < -0.3 is 9.47 Å². The molecule has 0 spiro atoms. The molecule has 0 aliphatic carbocycles. The number of aromatic nitrogens is 4. The predicted molar refractivity (Wildman–Crippen MR) is 92.5 cm³/mol. The average molecular weight is 381 g/mol. The topological polar surface area (TPSA) is 78.6 Å². The van der Waals surface area contributed by atoms with E-state index < -0.39 is 5.97 Å². The van der Waals surface area contributed by atoms with Gasteiger partial charge in [0.05, 0.1) is 10.0 Å². The molecule has 3 rings (SSSR count). The maximum Gasteiger partial charge on any atom is 0.378 e. The minimum atomic E-state index is -0.656. The number of aryl methyl sites for hydroxylation is 2. The minimum Gasteiger partial charge on any atom is -0.487 e. The number of carbonyl (C=O) groups is 1. The van der Waals surface area contributed by atoms with Crippen molar-refractivity contribution in [1.29, 1.82) is 0 Å². The molecule has 0 radical (unpaired) electrons. The third-order valence-electron chi connectivity index (χ3n) is 3.28. The Bertz CT molecular complexity index is 922. The van der Waals surface area contributed by atoms with Crippen LogP contribution in [0.5, 0.6) is 5.75 Å². The Morgan fingerprint density at radius 1 is 1.16 bits per heavy atom. The first-order chi connectivity index (χ1) is 12.0. The third-order valence-corrected chi connectivity index (χ3v) is 3.88. The molecule has 0 unspecified atom stereocenters. The van der Waals surface area contributed by atoms with Crippen molar-refractivity contribution in [2.45, 2.75) is 13.8 Å². The summed E-state index contributed by atoms with van der Waals surface area (Å²) < 4.78 is 12.1. The molecule has 2 heterocycles. The van der Waals surface area contributed by atoms with Crippen LogP contribution in [0.1, 0.15) is 22.0 Å². The number of halogens is 2. The van der Waals surface area contributed by atoms with E-state index in [2.05, 4.69) is 15.1 Å². The van der Waals surface area contributed by atoms with Gasteiger partial charge in [-0.05, 0) is 32.0 Å². The third kappa shape index (κ3) is 3.83. The maximum absolute atomic E-state index is 12.1. The molecule has 0 saturated heterocycles. The van der Waals surface area contributed by atoms with Gasteiger partial charge in [0.15, 0.2) is 5.75 Å². The molecule has 0 amide bonds. The summed E-state index contributed by atoms with van der Waals surface area (Å²) in [6.45, 7) is 3.80. The first-order valence-corrected chi connectivity index (χ1v) is 8.16. The summed E-state index contributed by atoms with van der Waals surface area (Å²) in [7, 11) is 0. The van der Waals surface area contributed by atoms with E-state index in [4.69, 9.17) is 32.7 Å². The zero-order valence-corrected chi connectivity index (χ0v) is 15.0. The molecule has 0 fully saturated rings. The molecular formula is C16H14Cl2N4O3. The largest absolute Gasteiger partial charge is 0.487 e. The van der Waals surface area contributed by atoms with E-state index >= 15 is 0 Å². The van der Waals surface area contributed by atoms with E-state index in [0.717, 1.165) is 11.4 Å². The number of rotatable bonds is 5. The fraction of sp³-hybridized carbons (Fsp3) is 0.250. The first kappa shape index (κ1) is 17.4. The Balaban J connectivity index is 1.61. The number of hydrogen-bond acceptors (Lipinski definition) is 6. The summed E-state index contributed by atoms with van der Waals surface area (Å²) in [6.07, 6.45) is 0. The maximum atomic E-state index is 12.1. The number of para-hydroxylation sites is 1. The Morgan fingerprint density at radius 3 is 2.60 bits per heavy atom. The van der Waals surface area contributed by atoms with Crippen LogP contribution in [0.4, 0.5) is 0 Å². The second-order valence-corrected chi connectivity index (χ2v) is 6.04. The van der Waals surface area contributed by atoms with Crippen LogP contribution < -0.4 is 4.74 Å². The average Bonchev–Trinajstić information content (AvgIpc) is 2.98. The monoisotopic (exact) mass is 380 g/mol. The molecule has 0 saturated carbocycles. The molecule has 25 heavy (non-hydrogen) atoms. The second kappa shape index (κ2) is 7.25. The van der Waals surface area contributed by atoms with Crippen molar-refractivity contribution in [3.8, 4) is 5.75 Å². The van der Waals surface area contributed by atoms with Gasteiger partial charge in [-0.25, -0.2) is 14.3 Å². The van der Waals surface area contributed by atoms with Gasteiger partial charge in [0, 0.05) is 11.4 Å². The van der Waals surface area contributed by atoms with Crippen LogP contribution in [0.3, 0.4) is 0 Å². The number of hydrogen-bond donors (Lipinski definition) is 0. The molecule has 9 heteroatoms. The number of nitrogens with zero attached hydrogens (tertiary/aromatic N) is 4. The normalized spacial score (nSPS) is 10.9. The van der Waals surface area contributed by atoms with Gasteiger partial charge in [-0.3, -0.25) is 0 Å². The number of carbonyl (C=O) groups excluding carboxylic acids is 1. The highest BCUT2D eigenvalue weighted by Crippen LogP contribution is 2.32. The van der Waals surface area contributed by atoms with Crippen LogP contribution in [-0.4, -0.2) is 38.8 Å². The summed E-state index contributed by atoms with van der Waals surface area (Å²) in [6, 6.07) is 6.88. The number of ether oxygens (including phenoxy) is 2. The molecular weight excluding hydrogens is 367 g/mol. The van der Waals surface area contributed by atoms with E-state index in [-0.39, 0.29) is 19.0 Å². The molecule has 0 aliphatic heterocycles. The van der Waals surface area contributed by atoms with Gasteiger partial charge >= 0.3 is 5.97 Å². The molecule has 0 atom stereocenters. The van der Waals surface area contributed by atoms with E-state index in [9.17, 15) is 4.79 Å². The molecule has 3 aromatic rings. The second-order valence-electron chi connectivity index (χ2n) is 5.22. The van der Waals surface area contributed by atoms with Gasteiger partial charge in [-0.2, -0.15) is 4.98 Å². The molecule has 1 aromatic carbocycles. The fourth-order valence-corrected chi connectivity index (χ4v) is 2.72. The van der Waals surface area contributed by atoms with Crippen molar-refractivity contribution in [1.82, 2.24) is 19.6 Å². The number of esters is 1. The Morgan fingerprint density at radius 2 is 1.88 bits per heavy atom. The first-order valence-electron chi connectivity index (χ1n) is 7.40. The summed E-state index contributed by atoms with van der Waals surface area (Å²) in [5, 5.41) is 4.88. The Hall–Kier alpha value is -2.38. The Labute approximate surface area is 153 Å². The van der Waals surface area contributed by atoms with Crippen molar-refractivity contribution in [3.63, 3.8) is 0 Å².